The smallest absolute Gasteiger partial charge is 0.0349 e. The highest BCUT2D eigenvalue weighted by atomic mass is 14.9. The monoisotopic (exact) mass is 227 g/mol. The van der Waals surface area contributed by atoms with Crippen molar-refractivity contribution in [2.24, 2.45) is 5.92 Å². The molecule has 1 fully saturated rings. The van der Waals surface area contributed by atoms with Gasteiger partial charge in [-0.15, -0.1) is 11.8 Å². The van der Waals surface area contributed by atoms with Crippen LogP contribution in [0.3, 0.4) is 0 Å². The topological polar surface area (TPSA) is 12.0 Å². The fraction of sp³-hybridized carbons (Fsp3) is 0.500. The Bertz CT molecular complexity index is 403. The summed E-state index contributed by atoms with van der Waals surface area (Å²) in [5, 5.41) is 3.65. The summed E-state index contributed by atoms with van der Waals surface area (Å²) in [6.07, 6.45) is 3.68. The molecule has 0 amide bonds. The highest BCUT2D eigenvalue weighted by Gasteiger charge is 2.31. The van der Waals surface area contributed by atoms with Crippen molar-refractivity contribution in [3.63, 3.8) is 0 Å². The van der Waals surface area contributed by atoms with E-state index in [-0.39, 0.29) is 0 Å². The van der Waals surface area contributed by atoms with Crippen LogP contribution >= 0.6 is 0 Å². The fourth-order valence-corrected chi connectivity index (χ4v) is 2.18. The Morgan fingerprint density at radius 3 is 2.59 bits per heavy atom. The van der Waals surface area contributed by atoms with Gasteiger partial charge in [-0.1, -0.05) is 29.8 Å². The van der Waals surface area contributed by atoms with E-state index >= 15 is 0 Å². The van der Waals surface area contributed by atoms with E-state index in [1.54, 1.807) is 0 Å². The number of hydrogen-bond donors (Lipinski definition) is 1. The van der Waals surface area contributed by atoms with Crippen LogP contribution in [0.1, 0.15) is 43.4 Å². The molecule has 1 heteroatoms. The van der Waals surface area contributed by atoms with Gasteiger partial charge in [0, 0.05) is 19.0 Å². The van der Waals surface area contributed by atoms with Crippen LogP contribution in [-0.4, -0.2) is 6.54 Å². The van der Waals surface area contributed by atoms with Gasteiger partial charge in [-0.05, 0) is 38.2 Å². The molecular formula is C16H21N. The number of rotatable bonds is 5. The number of aryl methyl sites for hydroxylation is 1. The summed E-state index contributed by atoms with van der Waals surface area (Å²) in [7, 11) is 0. The summed E-state index contributed by atoms with van der Waals surface area (Å²) in [6.45, 7) is 5.04. The predicted octanol–water partition coefficient (Wildman–Crippen LogP) is 3.45. The Morgan fingerprint density at radius 2 is 2.00 bits per heavy atom. The quantitative estimate of drug-likeness (QED) is 0.600. The molecule has 1 saturated carbocycles. The molecule has 0 bridgehead atoms. The Hall–Kier alpha value is -1.26. The average Bonchev–Trinajstić information content (AvgIpc) is 3.15. The molecule has 1 aromatic rings. The highest BCUT2D eigenvalue weighted by molar-refractivity contribution is 5.25. The van der Waals surface area contributed by atoms with Crippen molar-refractivity contribution < 1.29 is 0 Å². The summed E-state index contributed by atoms with van der Waals surface area (Å²) in [5.41, 5.74) is 2.77. The van der Waals surface area contributed by atoms with E-state index in [4.69, 9.17) is 0 Å². The van der Waals surface area contributed by atoms with Gasteiger partial charge < -0.3 is 5.32 Å². The predicted molar refractivity (Wildman–Crippen MR) is 72.7 cm³/mol. The maximum absolute atomic E-state index is 3.65. The summed E-state index contributed by atoms with van der Waals surface area (Å²) in [6, 6.07) is 9.47. The van der Waals surface area contributed by atoms with Crippen LogP contribution in [0.4, 0.5) is 0 Å². The zero-order valence-electron chi connectivity index (χ0n) is 10.8. The molecule has 1 unspecified atom stereocenters. The van der Waals surface area contributed by atoms with Crippen molar-refractivity contribution in [3.05, 3.63) is 35.4 Å². The van der Waals surface area contributed by atoms with Gasteiger partial charge in [0.1, 0.15) is 0 Å². The SMILES string of the molecule is CC#CCCNC(c1ccc(C)cc1)C1CC1. The van der Waals surface area contributed by atoms with E-state index in [0.29, 0.717) is 6.04 Å². The zero-order chi connectivity index (χ0) is 12.1. The molecule has 90 valence electrons. The molecule has 0 heterocycles. The van der Waals surface area contributed by atoms with Crippen molar-refractivity contribution in [1.82, 2.24) is 5.32 Å². The highest BCUT2D eigenvalue weighted by Crippen LogP contribution is 2.40. The van der Waals surface area contributed by atoms with Gasteiger partial charge in [0.2, 0.25) is 0 Å². The first kappa shape index (κ1) is 12.2. The molecule has 0 radical (unpaired) electrons. The third kappa shape index (κ3) is 3.61. The molecular weight excluding hydrogens is 206 g/mol. The number of benzene rings is 1. The van der Waals surface area contributed by atoms with Gasteiger partial charge in [-0.2, -0.15) is 0 Å². The molecule has 2 rings (SSSR count). The van der Waals surface area contributed by atoms with Crippen molar-refractivity contribution in [3.8, 4) is 11.8 Å². The molecule has 1 aromatic carbocycles. The number of nitrogens with one attached hydrogen (secondary N) is 1. The van der Waals surface area contributed by atoms with Crippen LogP contribution in [0.25, 0.3) is 0 Å². The van der Waals surface area contributed by atoms with Gasteiger partial charge in [0.25, 0.3) is 0 Å². The van der Waals surface area contributed by atoms with E-state index < -0.39 is 0 Å². The lowest BCUT2D eigenvalue weighted by Crippen LogP contribution is -2.23. The number of hydrogen-bond acceptors (Lipinski definition) is 1. The van der Waals surface area contributed by atoms with Crippen LogP contribution in [-0.2, 0) is 0 Å². The Labute approximate surface area is 105 Å². The van der Waals surface area contributed by atoms with Crippen molar-refractivity contribution in [2.75, 3.05) is 6.54 Å². The molecule has 1 N–H and O–H groups in total. The van der Waals surface area contributed by atoms with Gasteiger partial charge in [-0.3, -0.25) is 0 Å². The van der Waals surface area contributed by atoms with E-state index in [0.717, 1.165) is 18.9 Å². The van der Waals surface area contributed by atoms with Crippen molar-refractivity contribution in [1.29, 1.82) is 0 Å². The lowest BCUT2D eigenvalue weighted by Gasteiger charge is -2.18. The first-order valence-corrected chi connectivity index (χ1v) is 6.51. The summed E-state index contributed by atoms with van der Waals surface area (Å²) >= 11 is 0. The molecule has 0 aromatic heterocycles. The van der Waals surface area contributed by atoms with Gasteiger partial charge in [-0.25, -0.2) is 0 Å². The van der Waals surface area contributed by atoms with E-state index in [1.807, 2.05) is 6.92 Å². The molecule has 1 aliphatic rings. The van der Waals surface area contributed by atoms with Crippen LogP contribution in [0.2, 0.25) is 0 Å². The fourth-order valence-electron chi connectivity index (χ4n) is 2.18. The minimum atomic E-state index is 0.536. The molecule has 0 saturated heterocycles. The van der Waals surface area contributed by atoms with Crippen LogP contribution in [0.5, 0.6) is 0 Å². The molecule has 1 atom stereocenters. The molecule has 17 heavy (non-hydrogen) atoms. The maximum atomic E-state index is 3.65. The lowest BCUT2D eigenvalue weighted by atomic mass is 10.0. The van der Waals surface area contributed by atoms with Gasteiger partial charge in [0.15, 0.2) is 0 Å². The normalized spacial score (nSPS) is 16.1. The molecule has 1 nitrogen and oxygen atoms in total. The third-order valence-corrected chi connectivity index (χ3v) is 3.32. The van der Waals surface area contributed by atoms with Crippen LogP contribution < -0.4 is 5.32 Å². The first-order chi connectivity index (χ1) is 8.31. The standard InChI is InChI=1S/C16H21N/c1-3-4-5-12-17-16(15-10-11-15)14-8-6-13(2)7-9-14/h6-9,15-17H,5,10-12H2,1-2H3. The summed E-state index contributed by atoms with van der Waals surface area (Å²) in [5.74, 6) is 6.89. The zero-order valence-corrected chi connectivity index (χ0v) is 10.8. The summed E-state index contributed by atoms with van der Waals surface area (Å²) in [4.78, 5) is 0. The van der Waals surface area contributed by atoms with Crippen LogP contribution in [0.15, 0.2) is 24.3 Å². The second-order valence-electron chi connectivity index (χ2n) is 4.86. The second-order valence-corrected chi connectivity index (χ2v) is 4.86. The minimum Gasteiger partial charge on any atom is -0.309 e. The third-order valence-electron chi connectivity index (χ3n) is 3.32. The minimum absolute atomic E-state index is 0.536. The van der Waals surface area contributed by atoms with Gasteiger partial charge in [0.05, 0.1) is 0 Å². The maximum Gasteiger partial charge on any atom is 0.0349 e. The Morgan fingerprint density at radius 1 is 1.29 bits per heavy atom. The molecule has 0 aliphatic heterocycles. The second kappa shape index (κ2) is 5.89. The van der Waals surface area contributed by atoms with E-state index in [1.165, 1.54) is 24.0 Å². The molecule has 0 spiro atoms. The molecule has 1 aliphatic carbocycles. The van der Waals surface area contributed by atoms with Crippen molar-refractivity contribution in [2.45, 2.75) is 39.2 Å². The lowest BCUT2D eigenvalue weighted by molar-refractivity contribution is 0.488. The largest absolute Gasteiger partial charge is 0.309 e. The van der Waals surface area contributed by atoms with Gasteiger partial charge >= 0.3 is 0 Å². The van der Waals surface area contributed by atoms with Crippen LogP contribution in [0, 0.1) is 24.7 Å². The summed E-state index contributed by atoms with van der Waals surface area (Å²) < 4.78 is 0. The first-order valence-electron chi connectivity index (χ1n) is 6.51. The Kier molecular flexibility index (Phi) is 4.23. The Balaban J connectivity index is 1.96. The van der Waals surface area contributed by atoms with E-state index in [9.17, 15) is 0 Å². The van der Waals surface area contributed by atoms with Crippen molar-refractivity contribution >= 4 is 0 Å². The van der Waals surface area contributed by atoms with E-state index in [2.05, 4.69) is 48.3 Å². The average molecular weight is 227 g/mol.